The van der Waals surface area contributed by atoms with E-state index >= 15 is 0 Å². The fourth-order valence-corrected chi connectivity index (χ4v) is 3.19. The van der Waals surface area contributed by atoms with Gasteiger partial charge in [0.25, 0.3) is 0 Å². The fraction of sp³-hybridized carbons (Fsp3) is 0.273. The molecule has 0 radical (unpaired) electrons. The lowest BCUT2D eigenvalue weighted by atomic mass is 9.91. The van der Waals surface area contributed by atoms with Gasteiger partial charge in [0.05, 0.1) is 0 Å². The Morgan fingerprint density at radius 3 is 2.91 bits per heavy atom. The molecule has 0 aliphatic heterocycles. The topological polar surface area (TPSA) is 0 Å². The first-order valence-corrected chi connectivity index (χ1v) is 4.19. The summed E-state index contributed by atoms with van der Waals surface area (Å²) in [6.07, 6.45) is 15.2. The SMILES string of the molecule is C1=CC23C=C4C=C2C3(C=C1)C4. The molecule has 0 nitrogen and oxygen atoms in total. The maximum absolute atomic E-state index is 2.45. The second-order valence-electron chi connectivity index (χ2n) is 4.01. The van der Waals surface area contributed by atoms with Crippen molar-refractivity contribution in [2.45, 2.75) is 6.42 Å². The predicted molar refractivity (Wildman–Crippen MR) is 43.9 cm³/mol. The summed E-state index contributed by atoms with van der Waals surface area (Å²) in [6, 6.07) is 0. The molecule has 5 aliphatic carbocycles. The van der Waals surface area contributed by atoms with Crippen LogP contribution in [0.25, 0.3) is 0 Å². The highest BCUT2D eigenvalue weighted by molar-refractivity contribution is 5.74. The van der Waals surface area contributed by atoms with Crippen LogP contribution in [0.1, 0.15) is 6.42 Å². The van der Waals surface area contributed by atoms with Gasteiger partial charge in [-0.25, -0.2) is 0 Å². The van der Waals surface area contributed by atoms with Crippen molar-refractivity contribution in [1.29, 1.82) is 0 Å². The maximum Gasteiger partial charge on any atom is 0.0424 e. The summed E-state index contributed by atoms with van der Waals surface area (Å²) < 4.78 is 0. The van der Waals surface area contributed by atoms with Gasteiger partial charge < -0.3 is 0 Å². The van der Waals surface area contributed by atoms with Crippen molar-refractivity contribution in [1.82, 2.24) is 0 Å². The van der Waals surface area contributed by atoms with Gasteiger partial charge in [-0.15, -0.1) is 0 Å². The summed E-state index contributed by atoms with van der Waals surface area (Å²) in [6.45, 7) is 0. The summed E-state index contributed by atoms with van der Waals surface area (Å²) in [7, 11) is 0. The fourth-order valence-electron chi connectivity index (χ4n) is 3.19. The van der Waals surface area contributed by atoms with Crippen LogP contribution in [-0.4, -0.2) is 0 Å². The molecule has 0 heterocycles. The van der Waals surface area contributed by atoms with Crippen molar-refractivity contribution in [3.05, 3.63) is 47.6 Å². The van der Waals surface area contributed by atoms with E-state index in [9.17, 15) is 0 Å². The Labute approximate surface area is 65.6 Å². The molecule has 4 bridgehead atoms. The first kappa shape index (κ1) is 4.76. The third-order valence-electron chi connectivity index (χ3n) is 3.68. The standard InChI is InChI=1S/C11H8/c1-2-4-11-7-8-5-9(11)10(11,3-1)6-8/h1-6H,7H2. The first-order chi connectivity index (χ1) is 5.37. The lowest BCUT2D eigenvalue weighted by Crippen LogP contribution is -2.03. The molecule has 1 fully saturated rings. The van der Waals surface area contributed by atoms with Crippen molar-refractivity contribution in [3.8, 4) is 0 Å². The predicted octanol–water partition coefficient (Wildman–Crippen LogP) is 2.37. The number of hydrogen-bond acceptors (Lipinski definition) is 0. The Bertz CT molecular complexity index is 392. The minimum Gasteiger partial charge on any atom is -0.0724 e. The molecule has 0 heteroatoms. The van der Waals surface area contributed by atoms with E-state index in [1.807, 2.05) is 0 Å². The van der Waals surface area contributed by atoms with Gasteiger partial charge >= 0.3 is 0 Å². The van der Waals surface area contributed by atoms with E-state index in [1.54, 1.807) is 11.1 Å². The van der Waals surface area contributed by atoms with Crippen molar-refractivity contribution >= 4 is 0 Å². The summed E-state index contributed by atoms with van der Waals surface area (Å²) >= 11 is 0. The Morgan fingerprint density at radius 2 is 2.09 bits per heavy atom. The molecule has 11 heavy (non-hydrogen) atoms. The van der Waals surface area contributed by atoms with Gasteiger partial charge in [0, 0.05) is 10.8 Å². The number of hydrogen-bond donors (Lipinski definition) is 0. The summed E-state index contributed by atoms with van der Waals surface area (Å²) in [5, 5.41) is 0. The average Bonchev–Trinajstić information content (AvgIpc) is 2.49. The van der Waals surface area contributed by atoms with Crippen LogP contribution in [0.5, 0.6) is 0 Å². The quantitative estimate of drug-likeness (QED) is 0.484. The zero-order valence-corrected chi connectivity index (χ0v) is 6.17. The Morgan fingerprint density at radius 1 is 1.18 bits per heavy atom. The minimum absolute atomic E-state index is 0.400. The molecule has 0 N–H and O–H groups in total. The monoisotopic (exact) mass is 140 g/mol. The van der Waals surface area contributed by atoms with Gasteiger partial charge in [0.1, 0.15) is 0 Å². The molecule has 2 atom stereocenters. The molecular weight excluding hydrogens is 132 g/mol. The van der Waals surface area contributed by atoms with Crippen LogP contribution in [-0.2, 0) is 0 Å². The van der Waals surface area contributed by atoms with Crippen LogP contribution in [0.4, 0.5) is 0 Å². The molecule has 0 aromatic heterocycles. The first-order valence-electron chi connectivity index (χ1n) is 4.19. The van der Waals surface area contributed by atoms with Crippen LogP contribution < -0.4 is 0 Å². The van der Waals surface area contributed by atoms with Crippen LogP contribution in [0, 0.1) is 10.8 Å². The minimum atomic E-state index is 0.400. The van der Waals surface area contributed by atoms with E-state index in [4.69, 9.17) is 0 Å². The Hall–Kier alpha value is -1.04. The molecule has 2 spiro atoms. The largest absolute Gasteiger partial charge is 0.0724 e. The van der Waals surface area contributed by atoms with Gasteiger partial charge in [0.15, 0.2) is 0 Å². The van der Waals surface area contributed by atoms with Crippen LogP contribution in [0.15, 0.2) is 47.6 Å². The van der Waals surface area contributed by atoms with E-state index < -0.39 is 0 Å². The Balaban J connectivity index is 2.17. The third-order valence-corrected chi connectivity index (χ3v) is 3.68. The lowest BCUT2D eigenvalue weighted by Gasteiger charge is -2.10. The van der Waals surface area contributed by atoms with Crippen molar-refractivity contribution in [3.63, 3.8) is 0 Å². The van der Waals surface area contributed by atoms with E-state index in [2.05, 4.69) is 36.5 Å². The maximum atomic E-state index is 2.45. The molecule has 0 saturated heterocycles. The molecule has 5 rings (SSSR count). The van der Waals surface area contributed by atoms with Crippen LogP contribution in [0.3, 0.4) is 0 Å². The summed E-state index contributed by atoms with van der Waals surface area (Å²) in [5.41, 5.74) is 4.09. The second-order valence-corrected chi connectivity index (χ2v) is 4.01. The highest BCUT2D eigenvalue weighted by Gasteiger charge is 2.74. The van der Waals surface area contributed by atoms with Gasteiger partial charge in [-0.2, -0.15) is 0 Å². The van der Waals surface area contributed by atoms with Crippen LogP contribution >= 0.6 is 0 Å². The summed E-state index contributed by atoms with van der Waals surface area (Å²) in [5.74, 6) is 0. The third kappa shape index (κ3) is 0.259. The molecule has 0 aromatic carbocycles. The smallest absolute Gasteiger partial charge is 0.0424 e. The van der Waals surface area contributed by atoms with E-state index in [0.29, 0.717) is 10.8 Å². The molecule has 52 valence electrons. The van der Waals surface area contributed by atoms with Crippen molar-refractivity contribution < 1.29 is 0 Å². The number of allylic oxidation sites excluding steroid dienone is 8. The highest BCUT2D eigenvalue weighted by Crippen LogP contribution is 2.82. The Kier molecular flexibility index (Phi) is 0.428. The summed E-state index contributed by atoms with van der Waals surface area (Å²) in [4.78, 5) is 0. The lowest BCUT2D eigenvalue weighted by molar-refractivity contribution is 0.591. The molecule has 2 unspecified atom stereocenters. The van der Waals surface area contributed by atoms with Crippen molar-refractivity contribution in [2.24, 2.45) is 10.8 Å². The van der Waals surface area contributed by atoms with Gasteiger partial charge in [-0.05, 0) is 17.6 Å². The molecule has 0 amide bonds. The van der Waals surface area contributed by atoms with Gasteiger partial charge in [-0.1, -0.05) is 36.5 Å². The zero-order valence-electron chi connectivity index (χ0n) is 6.17. The average molecular weight is 140 g/mol. The van der Waals surface area contributed by atoms with E-state index in [0.717, 1.165) is 0 Å². The molecular formula is C11H8. The van der Waals surface area contributed by atoms with Gasteiger partial charge in [-0.3, -0.25) is 0 Å². The van der Waals surface area contributed by atoms with E-state index in [1.165, 1.54) is 6.42 Å². The second kappa shape index (κ2) is 0.989. The number of rotatable bonds is 0. The highest BCUT2D eigenvalue weighted by atomic mass is 14.8. The van der Waals surface area contributed by atoms with E-state index in [-0.39, 0.29) is 0 Å². The van der Waals surface area contributed by atoms with Crippen molar-refractivity contribution in [2.75, 3.05) is 0 Å². The molecule has 1 saturated carbocycles. The molecule has 0 aromatic rings. The zero-order chi connectivity index (χ0) is 7.10. The normalized spacial score (nSPS) is 52.4. The van der Waals surface area contributed by atoms with Crippen LogP contribution in [0.2, 0.25) is 0 Å². The van der Waals surface area contributed by atoms with Gasteiger partial charge in [0.2, 0.25) is 0 Å². The molecule has 5 aliphatic rings.